The number of fused-ring (bicyclic) bond motifs is 4. The van der Waals surface area contributed by atoms with Gasteiger partial charge in [-0.15, -0.1) is 0 Å². The SMILES string of the molecule is c1ccc(-c2cc(-c3cc(-c4ccccc4)nc(-c4ccccc4-c4ccc5ccccc5c4)n3)cc(-c3cccc4oc5ccccc5c34)c2)cc1. The summed E-state index contributed by atoms with van der Waals surface area (Å²) in [5.41, 5.74) is 13.2. The fraction of sp³-hybridized carbons (Fsp3) is 0. The van der Waals surface area contributed by atoms with Crippen LogP contribution < -0.4 is 0 Å². The highest BCUT2D eigenvalue weighted by molar-refractivity contribution is 6.12. The van der Waals surface area contributed by atoms with Gasteiger partial charge in [0.25, 0.3) is 0 Å². The summed E-state index contributed by atoms with van der Waals surface area (Å²) in [6.45, 7) is 0. The van der Waals surface area contributed by atoms with Gasteiger partial charge in [-0.05, 0) is 86.6 Å². The highest BCUT2D eigenvalue weighted by atomic mass is 16.3. The molecular weight excluding hydrogens is 645 g/mol. The van der Waals surface area contributed by atoms with Crippen molar-refractivity contribution in [1.29, 1.82) is 0 Å². The van der Waals surface area contributed by atoms with E-state index >= 15 is 0 Å². The van der Waals surface area contributed by atoms with Crippen molar-refractivity contribution in [1.82, 2.24) is 9.97 Å². The average Bonchev–Trinajstić information content (AvgIpc) is 3.63. The number of para-hydroxylation sites is 1. The van der Waals surface area contributed by atoms with Crippen molar-refractivity contribution in [3.8, 4) is 67.3 Å². The van der Waals surface area contributed by atoms with Crippen LogP contribution in [-0.2, 0) is 0 Å². The van der Waals surface area contributed by atoms with Gasteiger partial charge in [-0.2, -0.15) is 0 Å². The van der Waals surface area contributed by atoms with Crippen molar-refractivity contribution < 1.29 is 4.42 Å². The van der Waals surface area contributed by atoms with E-state index in [4.69, 9.17) is 14.4 Å². The molecule has 0 spiro atoms. The van der Waals surface area contributed by atoms with Crippen LogP contribution >= 0.6 is 0 Å². The average molecular weight is 677 g/mol. The van der Waals surface area contributed by atoms with Gasteiger partial charge in [0.2, 0.25) is 0 Å². The Hall–Kier alpha value is -7.10. The summed E-state index contributed by atoms with van der Waals surface area (Å²) in [5, 5.41) is 4.62. The lowest BCUT2D eigenvalue weighted by Gasteiger charge is -2.15. The van der Waals surface area contributed by atoms with Crippen LogP contribution in [-0.4, -0.2) is 9.97 Å². The smallest absolute Gasteiger partial charge is 0.161 e. The van der Waals surface area contributed by atoms with E-state index in [-0.39, 0.29) is 0 Å². The molecule has 0 aliphatic heterocycles. The van der Waals surface area contributed by atoms with Gasteiger partial charge >= 0.3 is 0 Å². The quantitative estimate of drug-likeness (QED) is 0.176. The van der Waals surface area contributed by atoms with Crippen LogP contribution in [0.25, 0.3) is 100.0 Å². The first-order valence-corrected chi connectivity index (χ1v) is 17.9. The summed E-state index contributed by atoms with van der Waals surface area (Å²) in [6.07, 6.45) is 0. The van der Waals surface area contributed by atoms with Gasteiger partial charge < -0.3 is 4.42 Å². The maximum Gasteiger partial charge on any atom is 0.161 e. The molecule has 0 unspecified atom stereocenters. The van der Waals surface area contributed by atoms with Crippen molar-refractivity contribution in [2.75, 3.05) is 0 Å². The molecule has 53 heavy (non-hydrogen) atoms. The molecule has 10 rings (SSSR count). The number of benzene rings is 8. The van der Waals surface area contributed by atoms with Crippen LogP contribution in [0.2, 0.25) is 0 Å². The van der Waals surface area contributed by atoms with Gasteiger partial charge in [-0.1, -0.05) is 152 Å². The van der Waals surface area contributed by atoms with Crippen molar-refractivity contribution in [2.24, 2.45) is 0 Å². The van der Waals surface area contributed by atoms with Crippen molar-refractivity contribution in [3.05, 3.63) is 194 Å². The second-order valence-electron chi connectivity index (χ2n) is 13.4. The Morgan fingerprint density at radius 3 is 1.75 bits per heavy atom. The Morgan fingerprint density at radius 2 is 0.925 bits per heavy atom. The largest absolute Gasteiger partial charge is 0.456 e. The van der Waals surface area contributed by atoms with Crippen molar-refractivity contribution >= 4 is 32.7 Å². The third-order valence-electron chi connectivity index (χ3n) is 10.1. The predicted molar refractivity (Wildman–Crippen MR) is 219 cm³/mol. The minimum absolute atomic E-state index is 0.680. The number of aromatic nitrogens is 2. The predicted octanol–water partition coefficient (Wildman–Crippen LogP) is 13.5. The van der Waals surface area contributed by atoms with E-state index in [1.54, 1.807) is 0 Å². The monoisotopic (exact) mass is 676 g/mol. The van der Waals surface area contributed by atoms with Gasteiger partial charge in [-0.25, -0.2) is 9.97 Å². The third kappa shape index (κ3) is 5.65. The van der Waals surface area contributed by atoms with E-state index in [1.165, 1.54) is 10.8 Å². The van der Waals surface area contributed by atoms with Crippen LogP contribution in [0.15, 0.2) is 199 Å². The number of hydrogen-bond donors (Lipinski definition) is 0. The van der Waals surface area contributed by atoms with E-state index in [0.717, 1.165) is 83.4 Å². The Balaban J connectivity index is 1.21. The molecule has 10 aromatic rings. The molecule has 0 bridgehead atoms. The first-order valence-electron chi connectivity index (χ1n) is 17.9. The molecule has 8 aromatic carbocycles. The van der Waals surface area contributed by atoms with Crippen molar-refractivity contribution in [3.63, 3.8) is 0 Å². The van der Waals surface area contributed by atoms with Gasteiger partial charge in [0.15, 0.2) is 5.82 Å². The second-order valence-corrected chi connectivity index (χ2v) is 13.4. The summed E-state index contributed by atoms with van der Waals surface area (Å²) < 4.78 is 6.32. The maximum absolute atomic E-state index is 6.32. The number of furan rings is 1. The third-order valence-corrected chi connectivity index (χ3v) is 10.1. The molecule has 3 nitrogen and oxygen atoms in total. The lowest BCUT2D eigenvalue weighted by atomic mass is 9.92. The fourth-order valence-corrected chi connectivity index (χ4v) is 7.50. The number of nitrogens with zero attached hydrogens (tertiary/aromatic N) is 2. The molecule has 3 heteroatoms. The van der Waals surface area contributed by atoms with E-state index < -0.39 is 0 Å². The Morgan fingerprint density at radius 1 is 0.321 bits per heavy atom. The summed E-state index contributed by atoms with van der Waals surface area (Å²) in [5.74, 6) is 0.680. The lowest BCUT2D eigenvalue weighted by molar-refractivity contribution is 0.669. The van der Waals surface area contributed by atoms with Crippen LogP contribution in [0.4, 0.5) is 0 Å². The lowest BCUT2D eigenvalue weighted by Crippen LogP contribution is -1.98. The molecule has 0 amide bonds. The molecule has 0 fully saturated rings. The zero-order valence-electron chi connectivity index (χ0n) is 28.8. The second kappa shape index (κ2) is 12.9. The molecule has 0 radical (unpaired) electrons. The summed E-state index contributed by atoms with van der Waals surface area (Å²) >= 11 is 0. The standard InChI is InChI=1S/C50H32N2O/c1-3-14-33(15-4-1)38-29-39(42-23-13-25-48-49(42)44-22-11-12-24-47(44)53-48)31-40(30-38)46-32-45(35-17-5-2-6-18-35)51-50(52-46)43-21-10-9-20-41(43)37-27-26-34-16-7-8-19-36(34)28-37/h1-32H. The molecule has 0 N–H and O–H groups in total. The molecule has 0 aliphatic rings. The summed E-state index contributed by atoms with van der Waals surface area (Å²) in [7, 11) is 0. The zero-order valence-corrected chi connectivity index (χ0v) is 28.8. The van der Waals surface area contributed by atoms with Crippen molar-refractivity contribution in [2.45, 2.75) is 0 Å². The molecule has 2 heterocycles. The van der Waals surface area contributed by atoms with Gasteiger partial charge in [-0.3, -0.25) is 0 Å². The first kappa shape index (κ1) is 30.7. The van der Waals surface area contributed by atoms with Crippen LogP contribution in [0.1, 0.15) is 0 Å². The Kier molecular flexibility index (Phi) is 7.47. The first-order chi connectivity index (χ1) is 26.2. The summed E-state index contributed by atoms with van der Waals surface area (Å²) in [4.78, 5) is 10.6. The molecule has 0 saturated carbocycles. The molecule has 2 aromatic heterocycles. The molecule has 248 valence electrons. The van der Waals surface area contributed by atoms with Gasteiger partial charge in [0, 0.05) is 27.5 Å². The van der Waals surface area contributed by atoms with Crippen LogP contribution in [0.3, 0.4) is 0 Å². The Bertz CT molecular complexity index is 2950. The number of hydrogen-bond acceptors (Lipinski definition) is 3. The van der Waals surface area contributed by atoms with E-state index in [2.05, 4.69) is 176 Å². The maximum atomic E-state index is 6.32. The van der Waals surface area contributed by atoms with Gasteiger partial charge in [0.1, 0.15) is 11.2 Å². The van der Waals surface area contributed by atoms with E-state index in [1.807, 2.05) is 18.2 Å². The zero-order chi connectivity index (χ0) is 35.1. The topological polar surface area (TPSA) is 38.9 Å². The van der Waals surface area contributed by atoms with E-state index in [0.29, 0.717) is 5.82 Å². The Labute approximate surface area is 307 Å². The van der Waals surface area contributed by atoms with Crippen LogP contribution in [0, 0.1) is 0 Å². The van der Waals surface area contributed by atoms with Crippen LogP contribution in [0.5, 0.6) is 0 Å². The highest BCUT2D eigenvalue weighted by Gasteiger charge is 2.18. The minimum Gasteiger partial charge on any atom is -0.456 e. The molecule has 0 saturated heterocycles. The fourth-order valence-electron chi connectivity index (χ4n) is 7.50. The molecular formula is C50H32N2O. The van der Waals surface area contributed by atoms with E-state index in [9.17, 15) is 0 Å². The molecule has 0 atom stereocenters. The highest BCUT2D eigenvalue weighted by Crippen LogP contribution is 2.41. The normalized spacial score (nSPS) is 11.4. The summed E-state index contributed by atoms with van der Waals surface area (Å²) in [6, 6.07) is 68.0. The minimum atomic E-state index is 0.680. The molecule has 0 aliphatic carbocycles. The number of rotatable bonds is 6. The van der Waals surface area contributed by atoms with Gasteiger partial charge in [0.05, 0.1) is 11.4 Å².